The van der Waals surface area contributed by atoms with Crippen LogP contribution in [0.1, 0.15) is 11.1 Å². The van der Waals surface area contributed by atoms with Gasteiger partial charge in [-0.1, -0.05) is 60.7 Å². The summed E-state index contributed by atoms with van der Waals surface area (Å²) in [6.45, 7) is 0. The molecule has 5 rings (SSSR count). The lowest BCUT2D eigenvalue weighted by Crippen LogP contribution is -2.10. The van der Waals surface area contributed by atoms with E-state index in [1.54, 1.807) is 6.33 Å². The highest BCUT2D eigenvalue weighted by molar-refractivity contribution is 6.37. The van der Waals surface area contributed by atoms with Gasteiger partial charge in [0.15, 0.2) is 0 Å². The highest BCUT2D eigenvalue weighted by Crippen LogP contribution is 2.37. The third kappa shape index (κ3) is 3.19. The smallest absolute Gasteiger partial charge is 0.258 e. The van der Waals surface area contributed by atoms with E-state index in [0.717, 1.165) is 39.5 Å². The molecule has 4 aromatic rings. The maximum atomic E-state index is 12.9. The molecule has 0 saturated carbocycles. The minimum absolute atomic E-state index is 0.110. The first kappa shape index (κ1) is 17.0. The van der Waals surface area contributed by atoms with Crippen LogP contribution in [0.25, 0.3) is 22.5 Å². The van der Waals surface area contributed by atoms with Gasteiger partial charge >= 0.3 is 0 Å². The number of H-pyrrole nitrogens is 1. The molecule has 5 heteroatoms. The Balaban J connectivity index is 1.64. The lowest BCUT2D eigenvalue weighted by atomic mass is 10.00. The summed E-state index contributed by atoms with van der Waals surface area (Å²) in [5.41, 5.74) is 6.81. The first-order valence-electron chi connectivity index (χ1n) is 9.36. The number of aromatic amines is 1. The van der Waals surface area contributed by atoms with Gasteiger partial charge in [-0.3, -0.25) is 4.79 Å². The Kier molecular flexibility index (Phi) is 4.18. The molecular formula is C24H18N4O. The number of carbonyl (C=O) groups excluding carboxylic acids is 1. The van der Waals surface area contributed by atoms with Gasteiger partial charge in [0.25, 0.3) is 5.91 Å². The second kappa shape index (κ2) is 7.13. The van der Waals surface area contributed by atoms with E-state index in [1.165, 1.54) is 0 Å². The molecule has 0 saturated heterocycles. The third-order valence-corrected chi connectivity index (χ3v) is 4.91. The molecule has 0 aliphatic carbocycles. The van der Waals surface area contributed by atoms with Gasteiger partial charge in [-0.05, 0) is 23.8 Å². The predicted octanol–water partition coefficient (Wildman–Crippen LogP) is 5.01. The van der Waals surface area contributed by atoms with Crippen LogP contribution in [0.15, 0.2) is 91.4 Å². The average Bonchev–Trinajstić information content (AvgIpc) is 3.41. The van der Waals surface area contributed by atoms with Gasteiger partial charge in [0, 0.05) is 28.7 Å². The highest BCUT2D eigenvalue weighted by Gasteiger charge is 2.28. The van der Waals surface area contributed by atoms with Crippen molar-refractivity contribution in [3.05, 3.63) is 103 Å². The zero-order valence-corrected chi connectivity index (χ0v) is 15.5. The van der Waals surface area contributed by atoms with Gasteiger partial charge in [-0.2, -0.15) is 0 Å². The number of anilines is 2. The fraction of sp³-hybridized carbons (Fsp3) is 0. The summed E-state index contributed by atoms with van der Waals surface area (Å²) in [6, 6.07) is 25.6. The molecule has 0 unspecified atom stereocenters. The van der Waals surface area contributed by atoms with Gasteiger partial charge in [0.05, 0.1) is 23.3 Å². The molecule has 1 amide bonds. The largest absolute Gasteiger partial charge is 0.354 e. The molecule has 0 atom stereocenters. The number of rotatable bonds is 4. The normalized spacial score (nSPS) is 14.3. The summed E-state index contributed by atoms with van der Waals surface area (Å²) >= 11 is 0. The molecule has 3 N–H and O–H groups in total. The van der Waals surface area contributed by atoms with Crippen LogP contribution in [-0.4, -0.2) is 15.9 Å². The molecule has 2 heterocycles. The monoisotopic (exact) mass is 378 g/mol. The maximum Gasteiger partial charge on any atom is 0.258 e. The average molecular weight is 378 g/mol. The number of fused-ring (bicyclic) bond motifs is 1. The quantitative estimate of drug-likeness (QED) is 0.437. The third-order valence-electron chi connectivity index (χ3n) is 4.91. The fourth-order valence-corrected chi connectivity index (χ4v) is 3.57. The van der Waals surface area contributed by atoms with Crippen LogP contribution in [0.4, 0.5) is 11.4 Å². The van der Waals surface area contributed by atoms with Gasteiger partial charge in [-0.25, -0.2) is 4.98 Å². The van der Waals surface area contributed by atoms with Crippen LogP contribution in [0.5, 0.6) is 0 Å². The molecule has 1 aliphatic rings. The maximum absolute atomic E-state index is 12.9. The molecule has 1 aromatic heterocycles. The van der Waals surface area contributed by atoms with E-state index in [-0.39, 0.29) is 5.91 Å². The number of nitrogens with one attached hydrogen (secondary N) is 3. The molecule has 140 valence electrons. The Morgan fingerprint density at radius 2 is 1.72 bits per heavy atom. The minimum atomic E-state index is -0.110. The summed E-state index contributed by atoms with van der Waals surface area (Å²) in [5, 5.41) is 6.46. The van der Waals surface area contributed by atoms with Gasteiger partial charge in [0.1, 0.15) is 0 Å². The lowest BCUT2D eigenvalue weighted by molar-refractivity contribution is -0.110. The molecule has 0 bridgehead atoms. The Hall–Kier alpha value is -4.12. The van der Waals surface area contributed by atoms with Crippen molar-refractivity contribution in [2.24, 2.45) is 0 Å². The van der Waals surface area contributed by atoms with Gasteiger partial charge < -0.3 is 15.6 Å². The SMILES string of the molecule is O=C1Nc2ccccc2C1=C(Nc1cccc(-c2c[nH]cn2)c1)c1ccccc1. The van der Waals surface area contributed by atoms with Gasteiger partial charge in [0.2, 0.25) is 0 Å². The number of hydrogen-bond donors (Lipinski definition) is 3. The Morgan fingerprint density at radius 3 is 2.55 bits per heavy atom. The van der Waals surface area contributed by atoms with Crippen molar-refractivity contribution in [3.8, 4) is 11.3 Å². The first-order valence-corrected chi connectivity index (χ1v) is 9.36. The summed E-state index contributed by atoms with van der Waals surface area (Å²) in [5.74, 6) is -0.110. The van der Waals surface area contributed by atoms with Crippen molar-refractivity contribution in [3.63, 3.8) is 0 Å². The number of hydrogen-bond acceptors (Lipinski definition) is 3. The number of nitrogens with zero attached hydrogens (tertiary/aromatic N) is 1. The van der Waals surface area contributed by atoms with Crippen LogP contribution in [0.3, 0.4) is 0 Å². The van der Waals surface area contributed by atoms with Crippen molar-refractivity contribution in [1.29, 1.82) is 0 Å². The van der Waals surface area contributed by atoms with E-state index in [9.17, 15) is 4.79 Å². The molecule has 29 heavy (non-hydrogen) atoms. The zero-order chi connectivity index (χ0) is 19.6. The standard InChI is InChI=1S/C24H18N4O/c29-24-22(19-11-4-5-12-20(19)28-24)23(16-7-2-1-3-8-16)27-18-10-6-9-17(13-18)21-14-25-15-26-21/h1-15,27H,(H,25,26)(H,28,29). The lowest BCUT2D eigenvalue weighted by Gasteiger charge is -2.15. The Morgan fingerprint density at radius 1 is 0.897 bits per heavy atom. The minimum Gasteiger partial charge on any atom is -0.354 e. The summed E-state index contributed by atoms with van der Waals surface area (Å²) in [6.07, 6.45) is 3.52. The molecule has 3 aromatic carbocycles. The molecule has 0 spiro atoms. The number of aromatic nitrogens is 2. The first-order chi connectivity index (χ1) is 14.3. The second-order valence-corrected chi connectivity index (χ2v) is 6.78. The molecule has 0 radical (unpaired) electrons. The van der Waals surface area contributed by atoms with E-state index >= 15 is 0 Å². The van der Waals surface area contributed by atoms with Gasteiger partial charge in [-0.15, -0.1) is 0 Å². The van der Waals surface area contributed by atoms with Crippen LogP contribution >= 0.6 is 0 Å². The number of carbonyl (C=O) groups is 1. The molecule has 1 aliphatic heterocycles. The topological polar surface area (TPSA) is 69.8 Å². The van der Waals surface area contributed by atoms with E-state index in [1.807, 2.05) is 85.1 Å². The van der Waals surface area contributed by atoms with Crippen molar-refractivity contribution in [1.82, 2.24) is 9.97 Å². The number of para-hydroxylation sites is 1. The predicted molar refractivity (Wildman–Crippen MR) is 116 cm³/mol. The van der Waals surface area contributed by atoms with Crippen molar-refractivity contribution in [2.75, 3.05) is 10.6 Å². The van der Waals surface area contributed by atoms with Crippen LogP contribution < -0.4 is 10.6 Å². The molecular weight excluding hydrogens is 360 g/mol. The highest BCUT2D eigenvalue weighted by atomic mass is 16.2. The van der Waals surface area contributed by atoms with E-state index in [4.69, 9.17) is 0 Å². The Labute approximate surface area is 168 Å². The molecule has 5 nitrogen and oxygen atoms in total. The Bertz CT molecular complexity index is 1210. The van der Waals surface area contributed by atoms with Crippen molar-refractivity contribution in [2.45, 2.75) is 0 Å². The number of amides is 1. The van der Waals surface area contributed by atoms with Crippen LogP contribution in [0, 0.1) is 0 Å². The number of benzene rings is 3. The summed E-state index contributed by atoms with van der Waals surface area (Å²) in [7, 11) is 0. The zero-order valence-electron chi connectivity index (χ0n) is 15.5. The van der Waals surface area contributed by atoms with E-state index in [2.05, 4.69) is 20.6 Å². The van der Waals surface area contributed by atoms with Crippen molar-refractivity contribution < 1.29 is 4.79 Å². The fourth-order valence-electron chi connectivity index (χ4n) is 3.57. The van der Waals surface area contributed by atoms with Crippen LogP contribution in [0.2, 0.25) is 0 Å². The summed E-state index contributed by atoms with van der Waals surface area (Å²) in [4.78, 5) is 20.2. The van der Waals surface area contributed by atoms with Crippen LogP contribution in [-0.2, 0) is 4.79 Å². The molecule has 0 fully saturated rings. The van der Waals surface area contributed by atoms with Crippen molar-refractivity contribution >= 4 is 28.6 Å². The summed E-state index contributed by atoms with van der Waals surface area (Å²) < 4.78 is 0. The van der Waals surface area contributed by atoms with E-state index < -0.39 is 0 Å². The second-order valence-electron chi connectivity index (χ2n) is 6.78. The number of imidazole rings is 1. The van der Waals surface area contributed by atoms with E-state index in [0.29, 0.717) is 5.57 Å².